The van der Waals surface area contributed by atoms with Gasteiger partial charge in [-0.2, -0.15) is 0 Å². The van der Waals surface area contributed by atoms with E-state index in [1.807, 2.05) is 30.3 Å². The summed E-state index contributed by atoms with van der Waals surface area (Å²) in [5, 5.41) is 13.6. The Bertz CT molecular complexity index is 624. The lowest BCUT2D eigenvalue weighted by molar-refractivity contribution is 0.364. The van der Waals surface area contributed by atoms with E-state index in [4.69, 9.17) is 4.74 Å². The van der Waals surface area contributed by atoms with Gasteiger partial charge in [0, 0.05) is 6.54 Å². The molecule has 0 radical (unpaired) electrons. The van der Waals surface area contributed by atoms with Crippen LogP contribution in [-0.2, 0) is 12.0 Å². The van der Waals surface area contributed by atoms with E-state index in [1.165, 1.54) is 16.7 Å². The summed E-state index contributed by atoms with van der Waals surface area (Å²) in [4.78, 5) is 0. The Hall–Kier alpha value is -2.00. The van der Waals surface area contributed by atoms with Gasteiger partial charge in [-0.3, -0.25) is 0 Å². The standard InChI is InChI=1S/C17H19NO2/c1-17(13-6-4-3-5-7-13)14-11-16(20-2)15(19)10-12(14)8-9-18-17/h3-7,10-11,18-19H,8-9H2,1-2H3. The Kier molecular flexibility index (Phi) is 3.14. The predicted molar refractivity (Wildman–Crippen MR) is 79.3 cm³/mol. The highest BCUT2D eigenvalue weighted by atomic mass is 16.5. The van der Waals surface area contributed by atoms with Crippen molar-refractivity contribution in [2.75, 3.05) is 13.7 Å². The minimum absolute atomic E-state index is 0.212. The largest absolute Gasteiger partial charge is 0.504 e. The maximum atomic E-state index is 9.96. The van der Waals surface area contributed by atoms with Gasteiger partial charge < -0.3 is 15.2 Å². The summed E-state index contributed by atoms with van der Waals surface area (Å²) in [6, 6.07) is 14.2. The lowest BCUT2D eigenvalue weighted by Gasteiger charge is -2.38. The third-order valence-corrected chi connectivity index (χ3v) is 4.17. The number of aromatic hydroxyl groups is 1. The zero-order valence-corrected chi connectivity index (χ0v) is 11.8. The van der Waals surface area contributed by atoms with Gasteiger partial charge in [-0.05, 0) is 42.2 Å². The molecule has 0 saturated carbocycles. The van der Waals surface area contributed by atoms with Crippen molar-refractivity contribution in [1.29, 1.82) is 0 Å². The van der Waals surface area contributed by atoms with Crippen molar-refractivity contribution < 1.29 is 9.84 Å². The fourth-order valence-electron chi connectivity index (χ4n) is 3.02. The van der Waals surface area contributed by atoms with E-state index in [9.17, 15) is 5.11 Å². The normalized spacial score (nSPS) is 21.3. The van der Waals surface area contributed by atoms with E-state index in [0.717, 1.165) is 13.0 Å². The van der Waals surface area contributed by atoms with Gasteiger partial charge in [0.15, 0.2) is 11.5 Å². The van der Waals surface area contributed by atoms with Crippen molar-refractivity contribution in [2.45, 2.75) is 18.9 Å². The maximum absolute atomic E-state index is 9.96. The summed E-state index contributed by atoms with van der Waals surface area (Å²) < 4.78 is 5.26. The first-order valence-electron chi connectivity index (χ1n) is 6.86. The second-order valence-electron chi connectivity index (χ2n) is 5.35. The van der Waals surface area contributed by atoms with E-state index in [-0.39, 0.29) is 11.3 Å². The second-order valence-corrected chi connectivity index (χ2v) is 5.35. The van der Waals surface area contributed by atoms with Gasteiger partial charge in [-0.25, -0.2) is 0 Å². The molecule has 1 atom stereocenters. The summed E-state index contributed by atoms with van der Waals surface area (Å²) in [5.41, 5.74) is 3.31. The molecule has 2 aromatic carbocycles. The smallest absolute Gasteiger partial charge is 0.160 e. The van der Waals surface area contributed by atoms with Crippen LogP contribution in [0.15, 0.2) is 42.5 Å². The average molecular weight is 269 g/mol. The van der Waals surface area contributed by atoms with Crippen LogP contribution in [0.25, 0.3) is 0 Å². The zero-order valence-electron chi connectivity index (χ0n) is 11.8. The number of methoxy groups -OCH3 is 1. The van der Waals surface area contributed by atoms with E-state index in [1.54, 1.807) is 7.11 Å². The van der Waals surface area contributed by atoms with Gasteiger partial charge >= 0.3 is 0 Å². The number of benzene rings is 2. The molecule has 1 aliphatic heterocycles. The van der Waals surface area contributed by atoms with Gasteiger partial charge in [0.2, 0.25) is 0 Å². The minimum atomic E-state index is -0.254. The third-order valence-electron chi connectivity index (χ3n) is 4.17. The Morgan fingerprint density at radius 2 is 1.95 bits per heavy atom. The lowest BCUT2D eigenvalue weighted by Crippen LogP contribution is -2.45. The predicted octanol–water partition coefficient (Wildman–Crippen LogP) is 2.81. The molecule has 20 heavy (non-hydrogen) atoms. The molecule has 0 aliphatic carbocycles. The molecule has 0 amide bonds. The van der Waals surface area contributed by atoms with Crippen molar-refractivity contribution in [3.63, 3.8) is 0 Å². The summed E-state index contributed by atoms with van der Waals surface area (Å²) in [5.74, 6) is 0.734. The molecule has 104 valence electrons. The Morgan fingerprint density at radius 1 is 1.20 bits per heavy atom. The average Bonchev–Trinajstić information content (AvgIpc) is 2.48. The first-order valence-corrected chi connectivity index (χ1v) is 6.86. The quantitative estimate of drug-likeness (QED) is 0.881. The molecule has 2 aromatic rings. The number of hydrogen-bond donors (Lipinski definition) is 2. The van der Waals surface area contributed by atoms with E-state index >= 15 is 0 Å². The van der Waals surface area contributed by atoms with Gasteiger partial charge in [0.1, 0.15) is 0 Å². The molecule has 2 N–H and O–H groups in total. The number of phenols is 1. The van der Waals surface area contributed by atoms with Crippen molar-refractivity contribution >= 4 is 0 Å². The highest BCUT2D eigenvalue weighted by Gasteiger charge is 2.34. The van der Waals surface area contributed by atoms with E-state index < -0.39 is 0 Å². The summed E-state index contributed by atoms with van der Waals surface area (Å²) in [6.07, 6.45) is 0.912. The molecule has 3 heteroatoms. The van der Waals surface area contributed by atoms with E-state index in [0.29, 0.717) is 5.75 Å². The van der Waals surface area contributed by atoms with Crippen LogP contribution in [0.2, 0.25) is 0 Å². The molecule has 0 fully saturated rings. The summed E-state index contributed by atoms with van der Waals surface area (Å²) in [6.45, 7) is 3.07. The Balaban J connectivity index is 2.18. The van der Waals surface area contributed by atoms with Crippen LogP contribution in [-0.4, -0.2) is 18.8 Å². The molecule has 0 aromatic heterocycles. The zero-order chi connectivity index (χ0) is 14.2. The van der Waals surface area contributed by atoms with Crippen LogP contribution in [0.1, 0.15) is 23.6 Å². The third kappa shape index (κ3) is 1.95. The van der Waals surface area contributed by atoms with Crippen LogP contribution < -0.4 is 10.1 Å². The van der Waals surface area contributed by atoms with E-state index in [2.05, 4.69) is 24.4 Å². The fourth-order valence-corrected chi connectivity index (χ4v) is 3.02. The number of fused-ring (bicyclic) bond motifs is 1. The highest BCUT2D eigenvalue weighted by Crippen LogP contribution is 2.40. The highest BCUT2D eigenvalue weighted by molar-refractivity contribution is 5.53. The van der Waals surface area contributed by atoms with Crippen LogP contribution in [0.3, 0.4) is 0 Å². The molecule has 3 rings (SSSR count). The number of ether oxygens (including phenoxy) is 1. The van der Waals surface area contributed by atoms with Crippen LogP contribution in [0.4, 0.5) is 0 Å². The van der Waals surface area contributed by atoms with Crippen LogP contribution in [0, 0.1) is 0 Å². The topological polar surface area (TPSA) is 41.5 Å². The van der Waals surface area contributed by atoms with Crippen molar-refractivity contribution in [1.82, 2.24) is 5.32 Å². The molecule has 1 unspecified atom stereocenters. The summed E-state index contributed by atoms with van der Waals surface area (Å²) in [7, 11) is 1.58. The fraction of sp³-hybridized carbons (Fsp3) is 0.294. The molecule has 0 bridgehead atoms. The maximum Gasteiger partial charge on any atom is 0.160 e. The Labute approximate surface area is 119 Å². The van der Waals surface area contributed by atoms with Gasteiger partial charge in [0.25, 0.3) is 0 Å². The molecule has 1 heterocycles. The Morgan fingerprint density at radius 3 is 2.65 bits per heavy atom. The van der Waals surface area contributed by atoms with Gasteiger partial charge in [-0.15, -0.1) is 0 Å². The monoisotopic (exact) mass is 269 g/mol. The number of phenolic OH excluding ortho intramolecular Hbond substituents is 1. The van der Waals surface area contributed by atoms with Crippen molar-refractivity contribution in [3.8, 4) is 11.5 Å². The van der Waals surface area contributed by atoms with Crippen molar-refractivity contribution in [2.24, 2.45) is 0 Å². The molecule has 0 spiro atoms. The van der Waals surface area contributed by atoms with Crippen molar-refractivity contribution in [3.05, 3.63) is 59.2 Å². The number of hydrogen-bond acceptors (Lipinski definition) is 3. The number of rotatable bonds is 2. The second kappa shape index (κ2) is 4.84. The molecule has 1 aliphatic rings. The first kappa shape index (κ1) is 13.0. The SMILES string of the molecule is COc1cc2c(cc1O)CCNC2(C)c1ccccc1. The van der Waals surface area contributed by atoms with Crippen LogP contribution in [0.5, 0.6) is 11.5 Å². The molecule has 0 saturated heterocycles. The van der Waals surface area contributed by atoms with Gasteiger partial charge in [0.05, 0.1) is 12.6 Å². The van der Waals surface area contributed by atoms with Gasteiger partial charge in [-0.1, -0.05) is 30.3 Å². The molecular weight excluding hydrogens is 250 g/mol. The first-order chi connectivity index (χ1) is 9.65. The lowest BCUT2D eigenvalue weighted by atomic mass is 9.78. The molecular formula is C17H19NO2. The molecule has 3 nitrogen and oxygen atoms in total. The van der Waals surface area contributed by atoms with Crippen LogP contribution >= 0.6 is 0 Å². The minimum Gasteiger partial charge on any atom is -0.504 e. The number of nitrogens with one attached hydrogen (secondary N) is 1. The summed E-state index contributed by atoms with van der Waals surface area (Å²) >= 11 is 0.